The van der Waals surface area contributed by atoms with Gasteiger partial charge in [-0.25, -0.2) is 8.42 Å². The van der Waals surface area contributed by atoms with Gasteiger partial charge in [0.15, 0.2) is 0 Å². The average molecular weight is 356 g/mol. The highest BCUT2D eigenvalue weighted by Crippen LogP contribution is 2.31. The highest BCUT2D eigenvalue weighted by Gasteiger charge is 2.15. The van der Waals surface area contributed by atoms with Crippen LogP contribution in [0.15, 0.2) is 88.9 Å². The quantitative estimate of drug-likeness (QED) is 0.720. The van der Waals surface area contributed by atoms with Gasteiger partial charge in [0.1, 0.15) is 0 Å². The Morgan fingerprint density at radius 3 is 2.29 bits per heavy atom. The van der Waals surface area contributed by atoms with Gasteiger partial charge in [-0.3, -0.25) is 9.71 Å². The number of aromatic nitrogens is 1. The normalized spacial score (nSPS) is 11.2. The molecular formula is C18H16N2O2S2. The lowest BCUT2D eigenvalue weighted by Crippen LogP contribution is -2.15. The van der Waals surface area contributed by atoms with Gasteiger partial charge < -0.3 is 0 Å². The van der Waals surface area contributed by atoms with Crippen LogP contribution >= 0.6 is 11.8 Å². The topological polar surface area (TPSA) is 59.1 Å². The average Bonchev–Trinajstić information content (AvgIpc) is 2.58. The minimum Gasteiger partial charge on any atom is -0.283 e. The molecule has 2 aromatic carbocycles. The van der Waals surface area contributed by atoms with Gasteiger partial charge >= 0.3 is 0 Å². The van der Waals surface area contributed by atoms with Crippen molar-refractivity contribution in [2.24, 2.45) is 0 Å². The van der Waals surface area contributed by atoms with E-state index in [9.17, 15) is 8.42 Å². The first-order chi connectivity index (χ1) is 11.6. The zero-order valence-electron chi connectivity index (χ0n) is 12.8. The number of rotatable bonds is 6. The molecule has 0 unspecified atom stereocenters. The molecule has 0 aliphatic heterocycles. The number of pyridine rings is 1. The first-order valence-corrected chi connectivity index (χ1v) is 9.81. The first kappa shape index (κ1) is 16.5. The molecule has 0 fully saturated rings. The van der Waals surface area contributed by atoms with Crippen molar-refractivity contribution in [3.8, 4) is 0 Å². The molecule has 0 spiro atoms. The second kappa shape index (κ2) is 7.51. The van der Waals surface area contributed by atoms with Crippen molar-refractivity contribution in [3.63, 3.8) is 0 Å². The van der Waals surface area contributed by atoms with E-state index < -0.39 is 10.0 Å². The fourth-order valence-electron chi connectivity index (χ4n) is 2.18. The molecule has 0 amide bonds. The van der Waals surface area contributed by atoms with Gasteiger partial charge in [0.05, 0.1) is 11.4 Å². The molecule has 3 rings (SSSR count). The van der Waals surface area contributed by atoms with Crippen molar-refractivity contribution in [3.05, 3.63) is 84.7 Å². The Kier molecular flexibility index (Phi) is 5.17. The summed E-state index contributed by atoms with van der Waals surface area (Å²) in [7, 11) is -3.49. The zero-order valence-corrected chi connectivity index (χ0v) is 14.4. The standard InChI is InChI=1S/C18H16N2O2S2/c21-24(22,20-16-10-12-19-13-11-16)14-15-6-4-5-9-18(15)23-17-7-2-1-3-8-17/h1-13H,14H2,(H,19,20). The van der Waals surface area contributed by atoms with Gasteiger partial charge in [-0.1, -0.05) is 48.2 Å². The molecular weight excluding hydrogens is 340 g/mol. The Bertz CT molecular complexity index is 899. The Morgan fingerprint density at radius 2 is 1.54 bits per heavy atom. The summed E-state index contributed by atoms with van der Waals surface area (Å²) in [5.41, 5.74) is 1.28. The lowest BCUT2D eigenvalue weighted by atomic mass is 10.2. The first-order valence-electron chi connectivity index (χ1n) is 7.34. The van der Waals surface area contributed by atoms with E-state index >= 15 is 0 Å². The maximum atomic E-state index is 12.4. The van der Waals surface area contributed by atoms with Crippen molar-refractivity contribution in [1.82, 2.24) is 4.98 Å². The number of hydrogen-bond acceptors (Lipinski definition) is 4. The number of nitrogens with zero attached hydrogens (tertiary/aromatic N) is 1. The van der Waals surface area contributed by atoms with E-state index in [1.807, 2.05) is 54.6 Å². The molecule has 1 aromatic heterocycles. The molecule has 0 bridgehead atoms. The predicted octanol–water partition coefficient (Wildman–Crippen LogP) is 4.17. The van der Waals surface area contributed by atoms with Crippen LogP contribution in [-0.2, 0) is 15.8 Å². The van der Waals surface area contributed by atoms with Crippen molar-refractivity contribution < 1.29 is 8.42 Å². The maximum absolute atomic E-state index is 12.4. The fourth-order valence-corrected chi connectivity index (χ4v) is 4.46. The van der Waals surface area contributed by atoms with E-state index in [0.717, 1.165) is 15.4 Å². The van der Waals surface area contributed by atoms with Gasteiger partial charge in [-0.15, -0.1) is 0 Å². The van der Waals surface area contributed by atoms with Crippen LogP contribution in [-0.4, -0.2) is 13.4 Å². The third kappa shape index (κ3) is 4.59. The molecule has 122 valence electrons. The monoisotopic (exact) mass is 356 g/mol. The molecule has 1 heterocycles. The second-order valence-electron chi connectivity index (χ2n) is 5.12. The molecule has 1 N–H and O–H groups in total. The van der Waals surface area contributed by atoms with Crippen LogP contribution in [0.2, 0.25) is 0 Å². The van der Waals surface area contributed by atoms with Crippen LogP contribution in [0.5, 0.6) is 0 Å². The molecule has 0 aliphatic rings. The highest BCUT2D eigenvalue weighted by atomic mass is 32.2. The van der Waals surface area contributed by atoms with E-state index in [2.05, 4.69) is 9.71 Å². The van der Waals surface area contributed by atoms with Gasteiger partial charge in [-0.05, 0) is 35.9 Å². The van der Waals surface area contributed by atoms with Crippen molar-refractivity contribution in [2.75, 3.05) is 4.72 Å². The van der Waals surface area contributed by atoms with Crippen LogP contribution in [0.1, 0.15) is 5.56 Å². The molecule has 0 saturated heterocycles. The van der Waals surface area contributed by atoms with Gasteiger partial charge in [-0.2, -0.15) is 0 Å². The molecule has 3 aromatic rings. The van der Waals surface area contributed by atoms with E-state index in [1.165, 1.54) is 0 Å². The van der Waals surface area contributed by atoms with Crippen molar-refractivity contribution >= 4 is 27.5 Å². The summed E-state index contributed by atoms with van der Waals surface area (Å²) in [6.07, 6.45) is 3.11. The summed E-state index contributed by atoms with van der Waals surface area (Å²) < 4.78 is 27.4. The van der Waals surface area contributed by atoms with E-state index in [0.29, 0.717) is 5.69 Å². The smallest absolute Gasteiger partial charge is 0.236 e. The van der Waals surface area contributed by atoms with E-state index in [-0.39, 0.29) is 5.75 Å². The third-order valence-electron chi connectivity index (χ3n) is 3.24. The minimum absolute atomic E-state index is 0.0780. The van der Waals surface area contributed by atoms with Gasteiger partial charge in [0.25, 0.3) is 0 Å². The molecule has 0 aliphatic carbocycles. The Morgan fingerprint density at radius 1 is 0.875 bits per heavy atom. The zero-order chi connectivity index (χ0) is 16.8. The number of sulfonamides is 1. The maximum Gasteiger partial charge on any atom is 0.236 e. The summed E-state index contributed by atoms with van der Waals surface area (Å²) >= 11 is 1.56. The summed E-state index contributed by atoms with van der Waals surface area (Å²) in [5.74, 6) is -0.0780. The largest absolute Gasteiger partial charge is 0.283 e. The number of hydrogen-bond donors (Lipinski definition) is 1. The van der Waals surface area contributed by atoms with Crippen LogP contribution in [0.3, 0.4) is 0 Å². The fraction of sp³-hybridized carbons (Fsp3) is 0.0556. The summed E-state index contributed by atoms with van der Waals surface area (Å²) in [5, 5.41) is 0. The molecule has 0 saturated carbocycles. The lowest BCUT2D eigenvalue weighted by Gasteiger charge is -2.11. The van der Waals surface area contributed by atoms with Gasteiger partial charge in [0, 0.05) is 22.2 Å². The SMILES string of the molecule is O=S(=O)(Cc1ccccc1Sc1ccccc1)Nc1ccncc1. The Labute approximate surface area is 146 Å². The van der Waals surface area contributed by atoms with E-state index in [1.54, 1.807) is 36.3 Å². The van der Waals surface area contributed by atoms with E-state index in [4.69, 9.17) is 0 Å². The molecule has 24 heavy (non-hydrogen) atoms. The molecule has 6 heteroatoms. The van der Waals surface area contributed by atoms with Crippen LogP contribution in [0.4, 0.5) is 5.69 Å². The molecule has 0 radical (unpaired) electrons. The lowest BCUT2D eigenvalue weighted by molar-refractivity contribution is 0.600. The highest BCUT2D eigenvalue weighted by molar-refractivity contribution is 7.99. The van der Waals surface area contributed by atoms with Crippen LogP contribution in [0.25, 0.3) is 0 Å². The summed E-state index contributed by atoms with van der Waals surface area (Å²) in [4.78, 5) is 5.89. The summed E-state index contributed by atoms with van der Waals surface area (Å²) in [6, 6.07) is 20.7. The summed E-state index contributed by atoms with van der Waals surface area (Å²) in [6.45, 7) is 0. The Balaban J connectivity index is 1.80. The van der Waals surface area contributed by atoms with Crippen molar-refractivity contribution in [2.45, 2.75) is 15.5 Å². The second-order valence-corrected chi connectivity index (χ2v) is 7.96. The molecule has 0 atom stereocenters. The van der Waals surface area contributed by atoms with Crippen LogP contribution in [0, 0.1) is 0 Å². The van der Waals surface area contributed by atoms with Crippen LogP contribution < -0.4 is 4.72 Å². The number of benzene rings is 2. The molecule has 4 nitrogen and oxygen atoms in total. The van der Waals surface area contributed by atoms with Crippen molar-refractivity contribution in [1.29, 1.82) is 0 Å². The van der Waals surface area contributed by atoms with Gasteiger partial charge in [0.2, 0.25) is 10.0 Å². The minimum atomic E-state index is -3.49. The predicted molar refractivity (Wildman–Crippen MR) is 97.5 cm³/mol. The Hall–Kier alpha value is -2.31. The number of nitrogens with one attached hydrogen (secondary N) is 1. The third-order valence-corrected chi connectivity index (χ3v) is 5.61. The number of anilines is 1.